The van der Waals surface area contributed by atoms with Gasteiger partial charge >= 0.3 is 6.85 Å². The summed E-state index contributed by atoms with van der Waals surface area (Å²) in [6.07, 6.45) is 0. The standard InChI is InChI=1S/C49H32BN3S/c1-31-15-8-11-24-42(31)53-48-38(27-28-39-36-21-10-13-26-45(36)54-49(39)48)40-29-34(51(32-16-4-2-5-17-32)33-18-6-3-7-19-33)30-44-46(40)50(53)41-23-14-22-37-35-20-9-12-25-43(35)52(44)47(37)41/h2-30H,1H3. The molecule has 0 saturated heterocycles. The Morgan fingerprint density at radius 2 is 1.20 bits per heavy atom. The molecular formula is C49H32BN3S. The number of anilines is 5. The lowest BCUT2D eigenvalue weighted by Crippen LogP contribution is -2.60. The van der Waals surface area contributed by atoms with Gasteiger partial charge in [0, 0.05) is 60.2 Å². The van der Waals surface area contributed by atoms with E-state index in [9.17, 15) is 0 Å². The third kappa shape index (κ3) is 4.02. The van der Waals surface area contributed by atoms with Gasteiger partial charge in [-0.15, -0.1) is 11.3 Å². The number of para-hydroxylation sites is 5. The Morgan fingerprint density at radius 1 is 0.519 bits per heavy atom. The number of hydrogen-bond donors (Lipinski definition) is 0. The predicted octanol–water partition coefficient (Wildman–Crippen LogP) is 12.2. The van der Waals surface area contributed by atoms with Gasteiger partial charge in [-0.2, -0.15) is 0 Å². The minimum Gasteiger partial charge on any atom is -0.375 e. The smallest absolute Gasteiger partial charge is 0.333 e. The fraction of sp³-hybridized carbons (Fsp3) is 0.0204. The van der Waals surface area contributed by atoms with E-state index in [0.29, 0.717) is 0 Å². The van der Waals surface area contributed by atoms with E-state index in [2.05, 4.69) is 197 Å². The van der Waals surface area contributed by atoms with Crippen molar-refractivity contribution in [1.29, 1.82) is 0 Å². The number of fused-ring (bicyclic) bond motifs is 11. The number of rotatable bonds is 4. The monoisotopic (exact) mass is 705 g/mol. The molecule has 8 aromatic carbocycles. The molecule has 12 rings (SSSR count). The fourth-order valence-corrected chi connectivity index (χ4v) is 10.7. The zero-order chi connectivity index (χ0) is 35.5. The molecule has 2 aromatic heterocycles. The van der Waals surface area contributed by atoms with Crippen molar-refractivity contribution in [2.45, 2.75) is 6.92 Å². The summed E-state index contributed by atoms with van der Waals surface area (Å²) in [5.74, 6) is 0. The van der Waals surface area contributed by atoms with Crippen LogP contribution in [-0.2, 0) is 0 Å². The highest BCUT2D eigenvalue weighted by molar-refractivity contribution is 7.26. The van der Waals surface area contributed by atoms with E-state index >= 15 is 0 Å². The third-order valence-electron chi connectivity index (χ3n) is 11.6. The van der Waals surface area contributed by atoms with Gasteiger partial charge in [0.25, 0.3) is 0 Å². The molecule has 0 spiro atoms. The minimum atomic E-state index is -0.0455. The maximum atomic E-state index is 2.69. The van der Waals surface area contributed by atoms with Gasteiger partial charge < -0.3 is 14.3 Å². The van der Waals surface area contributed by atoms with E-state index < -0.39 is 0 Å². The van der Waals surface area contributed by atoms with Crippen LogP contribution in [-0.4, -0.2) is 11.4 Å². The Labute approximate surface area is 317 Å². The molecule has 0 bridgehead atoms. The van der Waals surface area contributed by atoms with Gasteiger partial charge in [0.05, 0.1) is 21.4 Å². The number of hydrogen-bond acceptors (Lipinski definition) is 3. The van der Waals surface area contributed by atoms with Gasteiger partial charge in [-0.1, -0.05) is 121 Å². The van der Waals surface area contributed by atoms with Crippen molar-refractivity contribution in [2.75, 3.05) is 9.71 Å². The second-order valence-electron chi connectivity index (χ2n) is 14.5. The Balaban J connectivity index is 1.28. The molecule has 252 valence electrons. The van der Waals surface area contributed by atoms with Gasteiger partial charge in [-0.05, 0) is 83.6 Å². The zero-order valence-electron chi connectivity index (χ0n) is 29.6. The van der Waals surface area contributed by atoms with Crippen molar-refractivity contribution < 1.29 is 0 Å². The molecule has 0 N–H and O–H groups in total. The van der Waals surface area contributed by atoms with Crippen molar-refractivity contribution in [2.24, 2.45) is 0 Å². The summed E-state index contributed by atoms with van der Waals surface area (Å²) in [4.78, 5) is 5.11. The highest BCUT2D eigenvalue weighted by Gasteiger charge is 2.45. The lowest BCUT2D eigenvalue weighted by Gasteiger charge is -2.43. The molecule has 0 unspecified atom stereocenters. The number of aryl methyl sites for hydroxylation is 1. The van der Waals surface area contributed by atoms with E-state index in [1.165, 1.54) is 86.7 Å². The minimum absolute atomic E-state index is 0.0455. The van der Waals surface area contributed by atoms with Crippen molar-refractivity contribution in [3.05, 3.63) is 181 Å². The zero-order valence-corrected chi connectivity index (χ0v) is 30.4. The van der Waals surface area contributed by atoms with Crippen LogP contribution in [0.2, 0.25) is 0 Å². The molecule has 5 heteroatoms. The summed E-state index contributed by atoms with van der Waals surface area (Å²) in [5.41, 5.74) is 16.2. The maximum absolute atomic E-state index is 2.69. The van der Waals surface area contributed by atoms with Crippen LogP contribution in [0.1, 0.15) is 5.56 Å². The second-order valence-corrected chi connectivity index (χ2v) is 15.6. The Kier molecular flexibility index (Phi) is 6.23. The Bertz CT molecular complexity index is 3110. The summed E-state index contributed by atoms with van der Waals surface area (Å²) < 4.78 is 5.21. The predicted molar refractivity (Wildman–Crippen MR) is 232 cm³/mol. The molecule has 0 aliphatic carbocycles. The van der Waals surface area contributed by atoms with Crippen molar-refractivity contribution in [3.8, 4) is 16.8 Å². The summed E-state index contributed by atoms with van der Waals surface area (Å²) in [5, 5.41) is 5.20. The lowest BCUT2D eigenvalue weighted by molar-refractivity contribution is 1.17. The molecule has 0 fully saturated rings. The molecule has 3 nitrogen and oxygen atoms in total. The molecular weight excluding hydrogens is 673 g/mol. The SMILES string of the molecule is Cc1ccccc1N1B2c3c(cc(N(c4ccccc4)c4ccccc4)cc3-n3c4ccccc4c4cccc2c43)-c2ccc3c(sc4ccccc43)c21. The fourth-order valence-electron chi connectivity index (χ4n) is 9.44. The average Bonchev–Trinajstić information content (AvgIpc) is 3.78. The average molecular weight is 706 g/mol. The van der Waals surface area contributed by atoms with Crippen molar-refractivity contribution >= 4 is 99.5 Å². The van der Waals surface area contributed by atoms with E-state index in [4.69, 9.17) is 0 Å². The highest BCUT2D eigenvalue weighted by Crippen LogP contribution is 2.52. The molecule has 0 atom stereocenters. The molecule has 2 aliphatic heterocycles. The first-order valence-corrected chi connectivity index (χ1v) is 19.5. The molecule has 0 saturated carbocycles. The van der Waals surface area contributed by atoms with Gasteiger partial charge in [-0.3, -0.25) is 0 Å². The Hall–Kier alpha value is -6.56. The topological polar surface area (TPSA) is 11.4 Å². The second kappa shape index (κ2) is 11.2. The van der Waals surface area contributed by atoms with Crippen molar-refractivity contribution in [1.82, 2.24) is 4.57 Å². The van der Waals surface area contributed by atoms with E-state index in [1.807, 2.05) is 11.3 Å². The summed E-state index contributed by atoms with van der Waals surface area (Å²) in [6, 6.07) is 65.0. The summed E-state index contributed by atoms with van der Waals surface area (Å²) in [6.45, 7) is 2.22. The molecule has 10 aromatic rings. The van der Waals surface area contributed by atoms with Crippen molar-refractivity contribution in [3.63, 3.8) is 0 Å². The van der Waals surface area contributed by atoms with E-state index in [-0.39, 0.29) is 6.85 Å². The van der Waals surface area contributed by atoms with Crippen LogP contribution < -0.4 is 20.6 Å². The summed E-state index contributed by atoms with van der Waals surface area (Å²) in [7, 11) is 0. The normalized spacial score (nSPS) is 12.8. The van der Waals surface area contributed by atoms with Crippen LogP contribution in [0.25, 0.3) is 58.8 Å². The van der Waals surface area contributed by atoms with Crippen LogP contribution in [0.15, 0.2) is 176 Å². The maximum Gasteiger partial charge on any atom is 0.333 e. The number of benzene rings is 8. The van der Waals surface area contributed by atoms with Gasteiger partial charge in [0.15, 0.2) is 0 Å². The van der Waals surface area contributed by atoms with Crippen LogP contribution in [0.3, 0.4) is 0 Å². The van der Waals surface area contributed by atoms with Crippen LogP contribution in [0.5, 0.6) is 0 Å². The number of nitrogens with zero attached hydrogens (tertiary/aromatic N) is 3. The number of thiophene rings is 1. The molecule has 2 aliphatic rings. The Morgan fingerprint density at radius 3 is 2.00 bits per heavy atom. The molecule has 0 amide bonds. The van der Waals surface area contributed by atoms with Crippen LogP contribution in [0.4, 0.5) is 28.4 Å². The van der Waals surface area contributed by atoms with Gasteiger partial charge in [-0.25, -0.2) is 0 Å². The van der Waals surface area contributed by atoms with Crippen LogP contribution in [0, 0.1) is 6.92 Å². The first-order valence-electron chi connectivity index (χ1n) is 18.6. The molecule has 54 heavy (non-hydrogen) atoms. The quantitative estimate of drug-likeness (QED) is 0.169. The number of aromatic nitrogens is 1. The molecule has 0 radical (unpaired) electrons. The first-order chi connectivity index (χ1) is 26.7. The van der Waals surface area contributed by atoms with Gasteiger partial charge in [0.1, 0.15) is 0 Å². The van der Waals surface area contributed by atoms with E-state index in [1.54, 1.807) is 0 Å². The summed E-state index contributed by atoms with van der Waals surface area (Å²) >= 11 is 1.92. The van der Waals surface area contributed by atoms with Gasteiger partial charge in [0.2, 0.25) is 0 Å². The van der Waals surface area contributed by atoms with Crippen LogP contribution >= 0.6 is 11.3 Å². The first kappa shape index (κ1) is 30.0. The third-order valence-corrected chi connectivity index (χ3v) is 12.8. The highest BCUT2D eigenvalue weighted by atomic mass is 32.1. The largest absolute Gasteiger partial charge is 0.375 e. The van der Waals surface area contributed by atoms with E-state index in [0.717, 1.165) is 17.1 Å². The molecule has 4 heterocycles. The lowest BCUT2D eigenvalue weighted by atomic mass is 9.44.